The summed E-state index contributed by atoms with van der Waals surface area (Å²) in [5.41, 5.74) is 3.51. The highest BCUT2D eigenvalue weighted by atomic mass is 35.5. The van der Waals surface area contributed by atoms with E-state index in [-0.39, 0.29) is 6.04 Å². The van der Waals surface area contributed by atoms with Crippen LogP contribution in [0.5, 0.6) is 0 Å². The SMILES string of the molecule is S=C(c1ccc(-c2ccccc2Cl)o1)N1CCN(C(c2ccccc2)c2ccccc2)CC1. The third-order valence-corrected chi connectivity index (χ3v) is 6.94. The van der Waals surface area contributed by atoms with Crippen molar-refractivity contribution in [3.8, 4) is 11.3 Å². The van der Waals surface area contributed by atoms with Crippen molar-refractivity contribution in [2.75, 3.05) is 26.2 Å². The Kier molecular flexibility index (Phi) is 6.58. The Morgan fingerprint density at radius 2 is 1.30 bits per heavy atom. The average molecular weight is 473 g/mol. The minimum absolute atomic E-state index is 0.235. The molecule has 0 unspecified atom stereocenters. The highest BCUT2D eigenvalue weighted by Crippen LogP contribution is 2.31. The first-order valence-corrected chi connectivity index (χ1v) is 12.0. The van der Waals surface area contributed by atoms with Crippen LogP contribution in [0.4, 0.5) is 0 Å². The largest absolute Gasteiger partial charge is 0.454 e. The van der Waals surface area contributed by atoms with Gasteiger partial charge in [-0.2, -0.15) is 0 Å². The van der Waals surface area contributed by atoms with E-state index in [9.17, 15) is 0 Å². The molecule has 1 aliphatic heterocycles. The van der Waals surface area contributed by atoms with Gasteiger partial charge in [0, 0.05) is 31.7 Å². The molecule has 1 fully saturated rings. The number of thiocarbonyl (C=S) groups is 1. The Bertz CT molecular complexity index is 1180. The third kappa shape index (κ3) is 4.74. The van der Waals surface area contributed by atoms with Crippen LogP contribution in [0.3, 0.4) is 0 Å². The molecule has 166 valence electrons. The van der Waals surface area contributed by atoms with E-state index in [2.05, 4.69) is 70.5 Å². The molecule has 0 bridgehead atoms. The van der Waals surface area contributed by atoms with Crippen LogP contribution in [0.2, 0.25) is 5.02 Å². The molecule has 1 aromatic heterocycles. The molecule has 33 heavy (non-hydrogen) atoms. The van der Waals surface area contributed by atoms with Crippen LogP contribution in [0.1, 0.15) is 22.9 Å². The van der Waals surface area contributed by atoms with Gasteiger partial charge < -0.3 is 9.32 Å². The number of hydrogen-bond donors (Lipinski definition) is 0. The van der Waals surface area contributed by atoms with E-state index in [1.807, 2.05) is 36.4 Å². The first-order chi connectivity index (χ1) is 16.2. The Labute approximate surface area is 205 Å². The monoisotopic (exact) mass is 472 g/mol. The fourth-order valence-electron chi connectivity index (χ4n) is 4.48. The van der Waals surface area contributed by atoms with Crippen LogP contribution >= 0.6 is 23.8 Å². The predicted octanol–water partition coefficient (Wildman–Crippen LogP) is 6.68. The number of benzene rings is 3. The first-order valence-electron chi connectivity index (χ1n) is 11.2. The maximum absolute atomic E-state index is 6.33. The normalized spacial score (nSPS) is 14.5. The van der Waals surface area contributed by atoms with E-state index in [1.165, 1.54) is 11.1 Å². The van der Waals surface area contributed by atoms with Gasteiger partial charge in [0.15, 0.2) is 5.76 Å². The average Bonchev–Trinajstić information content (AvgIpc) is 3.36. The molecule has 2 heterocycles. The second kappa shape index (κ2) is 9.92. The maximum Gasteiger partial charge on any atom is 0.162 e. The number of halogens is 1. The van der Waals surface area contributed by atoms with Crippen LogP contribution in [-0.4, -0.2) is 41.0 Å². The third-order valence-electron chi connectivity index (χ3n) is 6.15. The van der Waals surface area contributed by atoms with E-state index >= 15 is 0 Å². The lowest BCUT2D eigenvalue weighted by Gasteiger charge is -2.40. The lowest BCUT2D eigenvalue weighted by molar-refractivity contribution is 0.151. The number of piperazine rings is 1. The van der Waals surface area contributed by atoms with Crippen molar-refractivity contribution < 1.29 is 4.42 Å². The fraction of sp³-hybridized carbons (Fsp3) is 0.179. The van der Waals surface area contributed by atoms with E-state index in [1.54, 1.807) is 0 Å². The molecule has 0 radical (unpaired) electrons. The first kappa shape index (κ1) is 21.9. The smallest absolute Gasteiger partial charge is 0.162 e. The molecule has 1 aliphatic rings. The molecule has 1 saturated heterocycles. The minimum atomic E-state index is 0.235. The number of hydrogen-bond acceptors (Lipinski definition) is 3. The number of rotatable bonds is 5. The van der Waals surface area contributed by atoms with Crippen molar-refractivity contribution >= 4 is 28.8 Å². The summed E-state index contributed by atoms with van der Waals surface area (Å²) in [6.07, 6.45) is 0. The van der Waals surface area contributed by atoms with Gasteiger partial charge in [-0.15, -0.1) is 0 Å². The predicted molar refractivity (Wildman–Crippen MR) is 139 cm³/mol. The number of furan rings is 1. The van der Waals surface area contributed by atoms with E-state index in [0.29, 0.717) is 5.02 Å². The zero-order valence-corrected chi connectivity index (χ0v) is 19.8. The summed E-state index contributed by atoms with van der Waals surface area (Å²) >= 11 is 12.1. The van der Waals surface area contributed by atoms with Crippen molar-refractivity contribution in [2.45, 2.75) is 6.04 Å². The van der Waals surface area contributed by atoms with Crippen molar-refractivity contribution in [3.63, 3.8) is 0 Å². The van der Waals surface area contributed by atoms with E-state index in [0.717, 1.165) is 48.3 Å². The topological polar surface area (TPSA) is 19.6 Å². The Morgan fingerprint density at radius 3 is 1.91 bits per heavy atom. The summed E-state index contributed by atoms with van der Waals surface area (Å²) in [6.45, 7) is 3.56. The summed E-state index contributed by atoms with van der Waals surface area (Å²) in [5, 5.41) is 0.672. The zero-order chi connectivity index (χ0) is 22.6. The molecule has 0 saturated carbocycles. The van der Waals surface area contributed by atoms with Gasteiger partial charge in [-0.3, -0.25) is 4.90 Å². The summed E-state index contributed by atoms with van der Waals surface area (Å²) in [4.78, 5) is 5.54. The van der Waals surface area contributed by atoms with Crippen LogP contribution < -0.4 is 0 Å². The second-order valence-corrected chi connectivity index (χ2v) is 8.99. The van der Waals surface area contributed by atoms with Crippen molar-refractivity contribution in [2.24, 2.45) is 0 Å². The van der Waals surface area contributed by atoms with Gasteiger partial charge in [0.25, 0.3) is 0 Å². The van der Waals surface area contributed by atoms with Gasteiger partial charge in [-0.1, -0.05) is 96.6 Å². The quantitative estimate of drug-likeness (QED) is 0.301. The summed E-state index contributed by atoms with van der Waals surface area (Å²) < 4.78 is 6.10. The zero-order valence-electron chi connectivity index (χ0n) is 18.2. The summed E-state index contributed by atoms with van der Waals surface area (Å²) in [7, 11) is 0. The lowest BCUT2D eigenvalue weighted by atomic mass is 9.96. The van der Waals surface area contributed by atoms with Crippen LogP contribution in [0.15, 0.2) is 101 Å². The number of nitrogens with zero attached hydrogens (tertiary/aromatic N) is 2. The fourth-order valence-corrected chi connectivity index (χ4v) is 5.00. The highest BCUT2D eigenvalue weighted by molar-refractivity contribution is 7.80. The molecule has 0 atom stereocenters. The molecule has 0 amide bonds. The standard InChI is InChI=1S/C28H25ClN2OS/c29-24-14-8-7-13-23(24)25-15-16-26(32-25)28(33)31-19-17-30(18-20-31)27(21-9-3-1-4-10-21)22-11-5-2-6-12-22/h1-16,27H,17-20H2. The van der Waals surface area contributed by atoms with Crippen molar-refractivity contribution in [1.29, 1.82) is 0 Å². The van der Waals surface area contributed by atoms with Gasteiger partial charge in [0.1, 0.15) is 10.7 Å². The lowest BCUT2D eigenvalue weighted by Crippen LogP contribution is -2.49. The van der Waals surface area contributed by atoms with Gasteiger partial charge >= 0.3 is 0 Å². The van der Waals surface area contributed by atoms with Crippen LogP contribution in [-0.2, 0) is 0 Å². The Hall–Kier alpha value is -2.92. The summed E-state index contributed by atoms with van der Waals surface area (Å²) in [5.74, 6) is 1.46. The molecular formula is C28H25ClN2OS. The molecule has 0 N–H and O–H groups in total. The van der Waals surface area contributed by atoms with Crippen LogP contribution in [0, 0.1) is 0 Å². The molecule has 3 aromatic carbocycles. The van der Waals surface area contributed by atoms with E-state index in [4.69, 9.17) is 28.2 Å². The maximum atomic E-state index is 6.33. The molecule has 4 aromatic rings. The Balaban J connectivity index is 1.30. The molecule has 5 rings (SSSR count). The van der Waals surface area contributed by atoms with Crippen molar-refractivity contribution in [3.05, 3.63) is 119 Å². The molecule has 3 nitrogen and oxygen atoms in total. The summed E-state index contributed by atoms with van der Waals surface area (Å²) in [6, 6.07) is 33.3. The Morgan fingerprint density at radius 1 is 0.727 bits per heavy atom. The molecular weight excluding hydrogens is 448 g/mol. The van der Waals surface area contributed by atoms with Gasteiger partial charge in [0.05, 0.1) is 11.1 Å². The molecule has 5 heteroatoms. The second-order valence-electron chi connectivity index (χ2n) is 8.20. The van der Waals surface area contributed by atoms with Gasteiger partial charge in [0.2, 0.25) is 0 Å². The van der Waals surface area contributed by atoms with E-state index < -0.39 is 0 Å². The van der Waals surface area contributed by atoms with Gasteiger partial charge in [-0.25, -0.2) is 0 Å². The minimum Gasteiger partial charge on any atom is -0.454 e. The molecule has 0 spiro atoms. The highest BCUT2D eigenvalue weighted by Gasteiger charge is 2.28. The van der Waals surface area contributed by atoms with Crippen molar-refractivity contribution in [1.82, 2.24) is 9.80 Å². The van der Waals surface area contributed by atoms with Gasteiger partial charge in [-0.05, 0) is 35.4 Å². The van der Waals surface area contributed by atoms with Crippen LogP contribution in [0.25, 0.3) is 11.3 Å². The molecule has 0 aliphatic carbocycles.